The first kappa shape index (κ1) is 13.2. The molecule has 0 amide bonds. The maximum Gasteiger partial charge on any atom is 0.123 e. The van der Waals surface area contributed by atoms with Crippen molar-refractivity contribution >= 4 is 0 Å². The predicted molar refractivity (Wildman–Crippen MR) is 77.9 cm³/mol. The lowest BCUT2D eigenvalue weighted by Crippen LogP contribution is -2.38. The van der Waals surface area contributed by atoms with Gasteiger partial charge in [0, 0.05) is 18.4 Å². The molecule has 2 N–H and O–H groups in total. The fourth-order valence-corrected chi connectivity index (χ4v) is 4.16. The largest absolute Gasteiger partial charge is 0.347 e. The van der Waals surface area contributed by atoms with E-state index in [1.165, 1.54) is 51.4 Å². The lowest BCUT2D eigenvalue weighted by molar-refractivity contribution is 0.161. The van der Waals surface area contributed by atoms with Gasteiger partial charge in [0.2, 0.25) is 0 Å². The van der Waals surface area contributed by atoms with E-state index in [-0.39, 0.29) is 0 Å². The number of aromatic amines is 1. The van der Waals surface area contributed by atoms with Crippen molar-refractivity contribution in [2.24, 2.45) is 5.41 Å². The van der Waals surface area contributed by atoms with Gasteiger partial charge in [0.15, 0.2) is 0 Å². The van der Waals surface area contributed by atoms with E-state index in [1.54, 1.807) is 0 Å². The smallest absolute Gasteiger partial charge is 0.123 e. The highest BCUT2D eigenvalue weighted by molar-refractivity contribution is 4.98. The van der Waals surface area contributed by atoms with Gasteiger partial charge in [-0.15, -0.1) is 0 Å². The molecule has 3 nitrogen and oxygen atoms in total. The van der Waals surface area contributed by atoms with Crippen molar-refractivity contribution in [2.75, 3.05) is 0 Å². The Morgan fingerprint density at radius 3 is 2.63 bits per heavy atom. The number of hydrogen-bond donors (Lipinski definition) is 2. The molecule has 3 rings (SSSR count). The maximum absolute atomic E-state index is 4.41. The topological polar surface area (TPSA) is 40.7 Å². The van der Waals surface area contributed by atoms with Crippen LogP contribution in [0.2, 0.25) is 0 Å². The van der Waals surface area contributed by atoms with Gasteiger partial charge in [0.1, 0.15) is 5.82 Å². The Morgan fingerprint density at radius 1 is 1.32 bits per heavy atom. The molecule has 2 saturated carbocycles. The molecule has 2 fully saturated rings. The Balaban J connectivity index is 1.54. The lowest BCUT2D eigenvalue weighted by atomic mass is 9.71. The first-order chi connectivity index (χ1) is 9.31. The Labute approximate surface area is 116 Å². The fraction of sp³-hybridized carbons (Fsp3) is 0.812. The molecule has 3 heteroatoms. The number of aromatic nitrogens is 2. The standard InChI is InChI=1S/C16H27N3/c1-2-14(15-17-11-12-18-15)19-13-5-9-16(10-6-13)7-3-4-8-16/h11-14,19H,2-10H2,1H3,(H,17,18). The second-order valence-corrected chi connectivity index (χ2v) is 6.58. The van der Waals surface area contributed by atoms with Crippen molar-refractivity contribution in [3.63, 3.8) is 0 Å². The van der Waals surface area contributed by atoms with Crippen LogP contribution in [0.5, 0.6) is 0 Å². The van der Waals surface area contributed by atoms with Crippen LogP contribution in [0.15, 0.2) is 12.4 Å². The minimum atomic E-state index is 0.401. The molecule has 106 valence electrons. The zero-order chi connectivity index (χ0) is 13.1. The first-order valence-electron chi connectivity index (χ1n) is 8.07. The summed E-state index contributed by atoms with van der Waals surface area (Å²) >= 11 is 0. The van der Waals surface area contributed by atoms with E-state index in [2.05, 4.69) is 22.2 Å². The highest BCUT2D eigenvalue weighted by Gasteiger charge is 2.37. The van der Waals surface area contributed by atoms with Crippen LogP contribution in [-0.4, -0.2) is 16.0 Å². The molecular formula is C16H27N3. The molecule has 1 aromatic rings. The van der Waals surface area contributed by atoms with Crippen molar-refractivity contribution < 1.29 is 0 Å². The molecule has 0 saturated heterocycles. The van der Waals surface area contributed by atoms with E-state index in [0.717, 1.165) is 17.7 Å². The minimum Gasteiger partial charge on any atom is -0.347 e. The van der Waals surface area contributed by atoms with Gasteiger partial charge in [0.05, 0.1) is 6.04 Å². The van der Waals surface area contributed by atoms with Crippen LogP contribution in [0, 0.1) is 5.41 Å². The molecule has 2 aliphatic rings. The van der Waals surface area contributed by atoms with Gasteiger partial charge >= 0.3 is 0 Å². The average molecular weight is 261 g/mol. The van der Waals surface area contributed by atoms with Gasteiger partial charge < -0.3 is 10.3 Å². The molecule has 0 radical (unpaired) electrons. The van der Waals surface area contributed by atoms with Crippen molar-refractivity contribution in [1.82, 2.24) is 15.3 Å². The van der Waals surface area contributed by atoms with Crippen molar-refractivity contribution in [3.05, 3.63) is 18.2 Å². The van der Waals surface area contributed by atoms with E-state index in [1.807, 2.05) is 12.4 Å². The predicted octanol–water partition coefficient (Wildman–Crippen LogP) is 3.95. The molecule has 2 aliphatic carbocycles. The summed E-state index contributed by atoms with van der Waals surface area (Å²) in [6.45, 7) is 2.24. The quantitative estimate of drug-likeness (QED) is 0.861. The van der Waals surface area contributed by atoms with Crippen LogP contribution in [0.3, 0.4) is 0 Å². The van der Waals surface area contributed by atoms with E-state index in [4.69, 9.17) is 0 Å². The number of hydrogen-bond acceptors (Lipinski definition) is 2. The molecule has 0 bridgehead atoms. The van der Waals surface area contributed by atoms with Gasteiger partial charge in [-0.05, 0) is 50.4 Å². The normalized spacial score (nSPS) is 24.9. The highest BCUT2D eigenvalue weighted by Crippen LogP contribution is 2.49. The van der Waals surface area contributed by atoms with Crippen LogP contribution in [-0.2, 0) is 0 Å². The van der Waals surface area contributed by atoms with Crippen molar-refractivity contribution in [2.45, 2.75) is 76.8 Å². The monoisotopic (exact) mass is 261 g/mol. The van der Waals surface area contributed by atoms with E-state index >= 15 is 0 Å². The summed E-state index contributed by atoms with van der Waals surface area (Å²) in [5, 5.41) is 3.82. The number of imidazole rings is 1. The first-order valence-corrected chi connectivity index (χ1v) is 8.07. The van der Waals surface area contributed by atoms with E-state index in [0.29, 0.717) is 12.1 Å². The highest BCUT2D eigenvalue weighted by atomic mass is 15.0. The third-order valence-corrected chi connectivity index (χ3v) is 5.41. The zero-order valence-electron chi connectivity index (χ0n) is 12.1. The van der Waals surface area contributed by atoms with Crippen LogP contribution in [0.25, 0.3) is 0 Å². The van der Waals surface area contributed by atoms with Crippen LogP contribution in [0.4, 0.5) is 0 Å². The van der Waals surface area contributed by atoms with Gasteiger partial charge in [-0.25, -0.2) is 4.98 Å². The average Bonchev–Trinajstić information content (AvgIpc) is 3.10. The van der Waals surface area contributed by atoms with Crippen LogP contribution >= 0.6 is 0 Å². The Morgan fingerprint density at radius 2 is 2.05 bits per heavy atom. The Hall–Kier alpha value is -0.830. The van der Waals surface area contributed by atoms with Gasteiger partial charge in [-0.3, -0.25) is 0 Å². The summed E-state index contributed by atoms with van der Waals surface area (Å²) in [5.41, 5.74) is 0.741. The Bertz CT molecular complexity index is 369. The summed E-state index contributed by atoms with van der Waals surface area (Å²) in [4.78, 5) is 7.66. The molecule has 1 atom stereocenters. The fourth-order valence-electron chi connectivity index (χ4n) is 4.16. The molecular weight excluding hydrogens is 234 g/mol. The summed E-state index contributed by atoms with van der Waals surface area (Å²) < 4.78 is 0. The lowest BCUT2D eigenvalue weighted by Gasteiger charge is -2.38. The van der Waals surface area contributed by atoms with Crippen molar-refractivity contribution in [1.29, 1.82) is 0 Å². The zero-order valence-corrected chi connectivity index (χ0v) is 12.1. The third kappa shape index (κ3) is 2.86. The Kier molecular flexibility index (Phi) is 3.92. The molecule has 0 aromatic carbocycles. The number of nitrogens with zero attached hydrogens (tertiary/aromatic N) is 1. The molecule has 0 aliphatic heterocycles. The molecule has 1 aromatic heterocycles. The number of nitrogens with one attached hydrogen (secondary N) is 2. The second-order valence-electron chi connectivity index (χ2n) is 6.58. The summed E-state index contributed by atoms with van der Waals surface area (Å²) in [7, 11) is 0. The minimum absolute atomic E-state index is 0.401. The SMILES string of the molecule is CCC(NC1CCC2(CCCC2)CC1)c1ncc[nH]1. The van der Waals surface area contributed by atoms with Gasteiger partial charge in [0.25, 0.3) is 0 Å². The second kappa shape index (κ2) is 5.66. The molecule has 19 heavy (non-hydrogen) atoms. The van der Waals surface area contributed by atoms with Crippen LogP contribution < -0.4 is 5.32 Å². The van der Waals surface area contributed by atoms with Gasteiger partial charge in [-0.2, -0.15) is 0 Å². The third-order valence-electron chi connectivity index (χ3n) is 5.41. The summed E-state index contributed by atoms with van der Waals surface area (Å²) in [5.74, 6) is 1.10. The van der Waals surface area contributed by atoms with Gasteiger partial charge in [-0.1, -0.05) is 19.8 Å². The summed E-state index contributed by atoms with van der Waals surface area (Å²) in [6.07, 6.45) is 16.4. The number of rotatable bonds is 4. The summed E-state index contributed by atoms with van der Waals surface area (Å²) in [6, 6.07) is 1.10. The van der Waals surface area contributed by atoms with Crippen LogP contribution in [0.1, 0.15) is 76.6 Å². The molecule has 1 heterocycles. The number of H-pyrrole nitrogens is 1. The molecule has 1 unspecified atom stereocenters. The maximum atomic E-state index is 4.41. The molecule has 1 spiro atoms. The van der Waals surface area contributed by atoms with E-state index < -0.39 is 0 Å². The van der Waals surface area contributed by atoms with E-state index in [9.17, 15) is 0 Å². The van der Waals surface area contributed by atoms with Crippen molar-refractivity contribution in [3.8, 4) is 0 Å².